The summed E-state index contributed by atoms with van der Waals surface area (Å²) in [4.78, 5) is 33.4. The fourth-order valence-electron chi connectivity index (χ4n) is 0.903. The van der Waals surface area contributed by atoms with Crippen LogP contribution in [0.1, 0.15) is 20.8 Å². The molecule has 94 valence electrons. The minimum absolute atomic E-state index is 0.250. The zero-order valence-corrected chi connectivity index (χ0v) is 10.1. The summed E-state index contributed by atoms with van der Waals surface area (Å²) in [7, 11) is 0. The molecule has 0 aromatic carbocycles. The van der Waals surface area contributed by atoms with Gasteiger partial charge in [-0.3, -0.25) is 14.4 Å². The maximum absolute atomic E-state index is 11.3. The lowest BCUT2D eigenvalue weighted by atomic mass is 10.1. The normalized spacial score (nSPS) is 10.0. The van der Waals surface area contributed by atoms with E-state index in [9.17, 15) is 14.4 Å². The molecule has 0 heterocycles. The lowest BCUT2D eigenvalue weighted by Crippen LogP contribution is -2.48. The van der Waals surface area contributed by atoms with E-state index >= 15 is 0 Å². The van der Waals surface area contributed by atoms with Crippen molar-refractivity contribution in [2.75, 3.05) is 13.1 Å². The number of nitrogens with one attached hydrogen (secondary N) is 3. The number of hydrogen-bond donors (Lipinski definition) is 3. The van der Waals surface area contributed by atoms with Crippen molar-refractivity contribution in [3.63, 3.8) is 0 Å². The molecule has 0 aliphatic heterocycles. The van der Waals surface area contributed by atoms with Crippen LogP contribution in [0.25, 0.3) is 0 Å². The van der Waals surface area contributed by atoms with Crippen molar-refractivity contribution in [1.29, 1.82) is 5.26 Å². The first-order valence-electron chi connectivity index (χ1n) is 5.00. The number of nitriles is 1. The zero-order chi connectivity index (χ0) is 13.5. The van der Waals surface area contributed by atoms with Gasteiger partial charge in [-0.05, 0) is 20.8 Å². The van der Waals surface area contributed by atoms with Crippen molar-refractivity contribution in [2.24, 2.45) is 0 Å². The molecule has 0 aromatic heterocycles. The van der Waals surface area contributed by atoms with Crippen molar-refractivity contribution < 1.29 is 14.4 Å². The Hall–Kier alpha value is -2.10. The van der Waals surface area contributed by atoms with Crippen LogP contribution in [0.3, 0.4) is 0 Å². The molecule has 0 unspecified atom stereocenters. The maximum Gasteiger partial charge on any atom is 0.310 e. The van der Waals surface area contributed by atoms with E-state index < -0.39 is 17.4 Å². The number of carbonyl (C=O) groups excluding carboxylic acids is 3. The van der Waals surface area contributed by atoms with Gasteiger partial charge in [0.25, 0.3) is 0 Å². The number of hydrogen-bond acceptors (Lipinski definition) is 4. The summed E-state index contributed by atoms with van der Waals surface area (Å²) in [6.45, 7) is 4.86. The molecule has 0 fully saturated rings. The second-order valence-corrected chi connectivity index (χ2v) is 4.32. The van der Waals surface area contributed by atoms with Crippen LogP contribution in [0.5, 0.6) is 0 Å². The molecule has 0 atom stereocenters. The molecule has 0 saturated heterocycles. The highest BCUT2D eigenvalue weighted by atomic mass is 16.2. The van der Waals surface area contributed by atoms with Gasteiger partial charge in [-0.1, -0.05) is 0 Å². The third kappa shape index (κ3) is 7.79. The third-order valence-corrected chi connectivity index (χ3v) is 1.46. The van der Waals surface area contributed by atoms with E-state index in [2.05, 4.69) is 16.0 Å². The van der Waals surface area contributed by atoms with Crippen LogP contribution in [0.15, 0.2) is 0 Å². The highest BCUT2D eigenvalue weighted by Gasteiger charge is 2.16. The van der Waals surface area contributed by atoms with Gasteiger partial charge >= 0.3 is 11.8 Å². The van der Waals surface area contributed by atoms with E-state index in [0.29, 0.717) is 0 Å². The van der Waals surface area contributed by atoms with Gasteiger partial charge in [0.2, 0.25) is 5.91 Å². The van der Waals surface area contributed by atoms with Crippen LogP contribution in [0.4, 0.5) is 0 Å². The number of carbonyl (C=O) groups is 3. The molecular weight excluding hydrogens is 224 g/mol. The number of amides is 3. The summed E-state index contributed by atoms with van der Waals surface area (Å²) in [5, 5.41) is 15.0. The van der Waals surface area contributed by atoms with Crippen molar-refractivity contribution >= 4 is 17.7 Å². The number of rotatable bonds is 3. The van der Waals surface area contributed by atoms with E-state index in [1.165, 1.54) is 0 Å². The Kier molecular flexibility index (Phi) is 5.68. The molecule has 3 N–H and O–H groups in total. The minimum atomic E-state index is -0.940. The highest BCUT2D eigenvalue weighted by Crippen LogP contribution is 1.96. The maximum atomic E-state index is 11.3. The quantitative estimate of drug-likeness (QED) is 0.418. The monoisotopic (exact) mass is 240 g/mol. The van der Waals surface area contributed by atoms with Crippen molar-refractivity contribution in [1.82, 2.24) is 16.0 Å². The SMILES string of the molecule is CC(C)(C)NC(=O)CNC(=O)C(=O)NCC#N. The summed E-state index contributed by atoms with van der Waals surface area (Å²) >= 11 is 0. The molecule has 0 bridgehead atoms. The number of nitrogens with zero attached hydrogens (tertiary/aromatic N) is 1. The van der Waals surface area contributed by atoms with Crippen LogP contribution in [0, 0.1) is 11.3 Å². The van der Waals surface area contributed by atoms with E-state index in [-0.39, 0.29) is 19.0 Å². The molecule has 0 spiro atoms. The Morgan fingerprint density at radius 1 is 1.12 bits per heavy atom. The van der Waals surface area contributed by atoms with Crippen molar-refractivity contribution in [3.05, 3.63) is 0 Å². The van der Waals surface area contributed by atoms with E-state index in [4.69, 9.17) is 5.26 Å². The lowest BCUT2D eigenvalue weighted by molar-refractivity contribution is -0.139. The summed E-state index contributed by atoms with van der Waals surface area (Å²) in [6.07, 6.45) is 0. The summed E-state index contributed by atoms with van der Waals surface area (Å²) in [6, 6.07) is 1.66. The molecular formula is C10H16N4O3. The van der Waals surface area contributed by atoms with E-state index in [1.54, 1.807) is 26.8 Å². The molecule has 0 radical (unpaired) electrons. The van der Waals surface area contributed by atoms with Gasteiger partial charge in [-0.15, -0.1) is 0 Å². The molecule has 0 aromatic rings. The van der Waals surface area contributed by atoms with Crippen molar-refractivity contribution in [2.45, 2.75) is 26.3 Å². The lowest BCUT2D eigenvalue weighted by Gasteiger charge is -2.20. The molecule has 7 nitrogen and oxygen atoms in total. The average Bonchev–Trinajstić information content (AvgIpc) is 2.20. The predicted octanol–water partition coefficient (Wildman–Crippen LogP) is -1.34. The van der Waals surface area contributed by atoms with Gasteiger partial charge in [0.05, 0.1) is 12.6 Å². The molecule has 0 aliphatic rings. The van der Waals surface area contributed by atoms with Crippen LogP contribution >= 0.6 is 0 Å². The van der Waals surface area contributed by atoms with Gasteiger partial charge in [0, 0.05) is 5.54 Å². The third-order valence-electron chi connectivity index (χ3n) is 1.46. The van der Waals surface area contributed by atoms with Gasteiger partial charge < -0.3 is 16.0 Å². The summed E-state index contributed by atoms with van der Waals surface area (Å²) < 4.78 is 0. The first-order chi connectivity index (χ1) is 7.76. The molecule has 0 aliphatic carbocycles. The van der Waals surface area contributed by atoms with Crippen LogP contribution in [-0.2, 0) is 14.4 Å². The van der Waals surface area contributed by atoms with Gasteiger partial charge in [0.1, 0.15) is 6.54 Å². The topological polar surface area (TPSA) is 111 Å². The average molecular weight is 240 g/mol. The molecule has 0 saturated carbocycles. The largest absolute Gasteiger partial charge is 0.350 e. The Morgan fingerprint density at radius 2 is 1.65 bits per heavy atom. The Labute approximate surface area is 99.6 Å². The molecule has 3 amide bonds. The summed E-state index contributed by atoms with van der Waals surface area (Å²) in [5.74, 6) is -2.27. The van der Waals surface area contributed by atoms with Gasteiger partial charge in [-0.25, -0.2) is 0 Å². The molecule has 0 rings (SSSR count). The minimum Gasteiger partial charge on any atom is -0.350 e. The Bertz CT molecular complexity index is 352. The van der Waals surface area contributed by atoms with Gasteiger partial charge in [-0.2, -0.15) is 5.26 Å². The second-order valence-electron chi connectivity index (χ2n) is 4.32. The Morgan fingerprint density at radius 3 is 2.12 bits per heavy atom. The molecule has 7 heteroatoms. The highest BCUT2D eigenvalue weighted by molar-refractivity contribution is 6.35. The van der Waals surface area contributed by atoms with Crippen LogP contribution in [-0.4, -0.2) is 36.3 Å². The smallest absolute Gasteiger partial charge is 0.310 e. The van der Waals surface area contributed by atoms with E-state index in [1.807, 2.05) is 0 Å². The standard InChI is InChI=1S/C10H16N4O3/c1-10(2,3)14-7(15)6-13-9(17)8(16)12-5-4-11/h5-6H2,1-3H3,(H,12,16)(H,13,17)(H,14,15). The van der Waals surface area contributed by atoms with Crippen LogP contribution in [0.2, 0.25) is 0 Å². The molecule has 17 heavy (non-hydrogen) atoms. The first-order valence-corrected chi connectivity index (χ1v) is 5.00. The zero-order valence-electron chi connectivity index (χ0n) is 10.1. The predicted molar refractivity (Wildman–Crippen MR) is 59.5 cm³/mol. The van der Waals surface area contributed by atoms with Crippen molar-refractivity contribution in [3.8, 4) is 6.07 Å². The van der Waals surface area contributed by atoms with Crippen LogP contribution < -0.4 is 16.0 Å². The fraction of sp³-hybridized carbons (Fsp3) is 0.600. The first kappa shape index (κ1) is 14.9. The fourth-order valence-corrected chi connectivity index (χ4v) is 0.903. The summed E-state index contributed by atoms with van der Waals surface area (Å²) in [5.41, 5.74) is -0.398. The second kappa shape index (κ2) is 6.48. The van der Waals surface area contributed by atoms with Gasteiger partial charge in [0.15, 0.2) is 0 Å². The van der Waals surface area contributed by atoms with E-state index in [0.717, 1.165) is 0 Å². The Balaban J connectivity index is 3.97.